The minimum absolute atomic E-state index is 0.125. The Morgan fingerprint density at radius 1 is 1.32 bits per heavy atom. The van der Waals surface area contributed by atoms with Gasteiger partial charge in [0.25, 0.3) is 0 Å². The number of benzene rings is 1. The molecule has 0 N–H and O–H groups in total. The van der Waals surface area contributed by atoms with Gasteiger partial charge in [-0.15, -0.1) is 0 Å². The molecule has 2 rings (SSSR count). The van der Waals surface area contributed by atoms with Gasteiger partial charge < -0.3 is 14.2 Å². The van der Waals surface area contributed by atoms with Gasteiger partial charge in [-0.05, 0) is 18.6 Å². The Balaban J connectivity index is 2.28. The number of epoxide rings is 1. The molecule has 5 nitrogen and oxygen atoms in total. The number of hydrogen-bond acceptors (Lipinski definition) is 5. The van der Waals surface area contributed by atoms with Crippen LogP contribution < -0.4 is 4.74 Å². The van der Waals surface area contributed by atoms with Crippen molar-refractivity contribution in [2.24, 2.45) is 0 Å². The zero-order valence-corrected chi connectivity index (χ0v) is 11.2. The molecule has 0 saturated carbocycles. The van der Waals surface area contributed by atoms with Crippen LogP contribution in [-0.2, 0) is 24.7 Å². The van der Waals surface area contributed by atoms with Crippen molar-refractivity contribution in [3.63, 3.8) is 0 Å². The average molecular weight is 264 g/mol. The van der Waals surface area contributed by atoms with Crippen molar-refractivity contribution in [3.05, 3.63) is 29.3 Å². The Bertz CT molecular complexity index is 517. The van der Waals surface area contributed by atoms with Crippen LogP contribution in [0.4, 0.5) is 0 Å². The summed E-state index contributed by atoms with van der Waals surface area (Å²) < 4.78 is 15.6. The first kappa shape index (κ1) is 13.5. The van der Waals surface area contributed by atoms with Crippen LogP contribution in [0.15, 0.2) is 18.2 Å². The van der Waals surface area contributed by atoms with Crippen LogP contribution in [0.1, 0.15) is 25.0 Å². The van der Waals surface area contributed by atoms with Crippen molar-refractivity contribution in [1.29, 1.82) is 0 Å². The molecule has 0 aromatic heterocycles. The minimum Gasteiger partial charge on any atom is -0.462 e. The Kier molecular flexibility index (Phi) is 3.57. The number of carbonyl (C=O) groups is 2. The Morgan fingerprint density at radius 3 is 2.53 bits per heavy atom. The highest BCUT2D eigenvalue weighted by Crippen LogP contribution is 2.43. The van der Waals surface area contributed by atoms with Crippen LogP contribution in [0.3, 0.4) is 0 Å². The molecule has 0 radical (unpaired) electrons. The lowest BCUT2D eigenvalue weighted by atomic mass is 9.98. The van der Waals surface area contributed by atoms with Crippen LogP contribution in [0.5, 0.6) is 5.75 Å². The van der Waals surface area contributed by atoms with Crippen LogP contribution >= 0.6 is 0 Å². The topological polar surface area (TPSA) is 65.1 Å². The van der Waals surface area contributed by atoms with E-state index in [0.29, 0.717) is 12.4 Å². The molecule has 1 aliphatic heterocycles. The van der Waals surface area contributed by atoms with Gasteiger partial charge in [-0.25, -0.2) is 0 Å². The van der Waals surface area contributed by atoms with Crippen molar-refractivity contribution >= 4 is 11.9 Å². The molecule has 102 valence electrons. The monoisotopic (exact) mass is 264 g/mol. The van der Waals surface area contributed by atoms with Gasteiger partial charge in [0, 0.05) is 19.4 Å². The van der Waals surface area contributed by atoms with E-state index in [4.69, 9.17) is 14.2 Å². The van der Waals surface area contributed by atoms with Gasteiger partial charge in [0.2, 0.25) is 0 Å². The van der Waals surface area contributed by atoms with Crippen molar-refractivity contribution in [1.82, 2.24) is 0 Å². The number of carbonyl (C=O) groups excluding carboxylic acids is 2. The molecule has 19 heavy (non-hydrogen) atoms. The summed E-state index contributed by atoms with van der Waals surface area (Å²) in [6, 6.07) is 5.51. The third-order valence-corrected chi connectivity index (χ3v) is 2.88. The summed E-state index contributed by atoms with van der Waals surface area (Å²) in [5.74, 6) is -0.302. The highest BCUT2D eigenvalue weighted by Gasteiger charge is 2.50. The maximum atomic E-state index is 11.1. The lowest BCUT2D eigenvalue weighted by Crippen LogP contribution is -2.21. The summed E-state index contributed by atoms with van der Waals surface area (Å²) in [5.41, 5.74) is 1.03. The summed E-state index contributed by atoms with van der Waals surface area (Å²) in [6.45, 7) is 5.16. The zero-order chi connectivity index (χ0) is 14.0. The van der Waals surface area contributed by atoms with Crippen LogP contribution in [-0.4, -0.2) is 25.2 Å². The van der Waals surface area contributed by atoms with Crippen molar-refractivity contribution in [2.75, 3.05) is 13.2 Å². The van der Waals surface area contributed by atoms with Gasteiger partial charge in [-0.2, -0.15) is 0 Å². The van der Waals surface area contributed by atoms with Crippen LogP contribution in [0.25, 0.3) is 0 Å². The highest BCUT2D eigenvalue weighted by atomic mass is 16.6. The van der Waals surface area contributed by atoms with E-state index >= 15 is 0 Å². The van der Waals surface area contributed by atoms with Gasteiger partial charge in [-0.1, -0.05) is 12.1 Å². The first-order valence-corrected chi connectivity index (χ1v) is 6.00. The largest absolute Gasteiger partial charge is 0.462 e. The van der Waals surface area contributed by atoms with E-state index in [2.05, 4.69) is 0 Å². The first-order valence-electron chi connectivity index (χ1n) is 6.00. The fourth-order valence-corrected chi connectivity index (χ4v) is 1.87. The van der Waals surface area contributed by atoms with Crippen LogP contribution in [0.2, 0.25) is 0 Å². The molecule has 0 aliphatic carbocycles. The number of aryl methyl sites for hydroxylation is 1. The summed E-state index contributed by atoms with van der Waals surface area (Å²) in [7, 11) is 0. The summed E-state index contributed by atoms with van der Waals surface area (Å²) in [4.78, 5) is 22.0. The standard InChI is InChI=1S/C14H16O5/c1-9-4-5-12(13(6-9)19-11(3)16)14(8-18-14)7-17-10(2)15/h4-6H,7-8H2,1-3H3. The molecule has 1 unspecified atom stereocenters. The lowest BCUT2D eigenvalue weighted by Gasteiger charge is -2.16. The lowest BCUT2D eigenvalue weighted by molar-refractivity contribution is -0.143. The Morgan fingerprint density at radius 2 is 2.00 bits per heavy atom. The first-order chi connectivity index (χ1) is 8.93. The third-order valence-electron chi connectivity index (χ3n) is 2.88. The van der Waals surface area contributed by atoms with Gasteiger partial charge in [0.05, 0.1) is 6.61 Å². The molecule has 1 fully saturated rings. The van der Waals surface area contributed by atoms with E-state index in [1.807, 2.05) is 19.1 Å². The normalized spacial score (nSPS) is 20.8. The van der Waals surface area contributed by atoms with Gasteiger partial charge in [0.15, 0.2) is 5.60 Å². The molecule has 1 aliphatic rings. The van der Waals surface area contributed by atoms with E-state index in [0.717, 1.165) is 11.1 Å². The predicted octanol–water partition coefficient (Wildman–Crippen LogP) is 1.71. The smallest absolute Gasteiger partial charge is 0.308 e. The summed E-state index contributed by atoms with van der Waals surface area (Å²) in [6.07, 6.45) is 0. The Hall–Kier alpha value is -1.88. The van der Waals surface area contributed by atoms with E-state index in [9.17, 15) is 9.59 Å². The maximum absolute atomic E-state index is 11.1. The van der Waals surface area contributed by atoms with E-state index in [1.54, 1.807) is 6.07 Å². The molecule has 1 aromatic rings. The summed E-state index contributed by atoms with van der Waals surface area (Å²) >= 11 is 0. The SMILES string of the molecule is CC(=O)OCC1(c2ccc(C)cc2OC(C)=O)CO1. The second-order valence-corrected chi connectivity index (χ2v) is 4.66. The second kappa shape index (κ2) is 5.01. The highest BCUT2D eigenvalue weighted by molar-refractivity contribution is 5.70. The fourth-order valence-electron chi connectivity index (χ4n) is 1.87. The number of rotatable bonds is 4. The molecular formula is C14H16O5. The van der Waals surface area contributed by atoms with E-state index < -0.39 is 11.6 Å². The number of ether oxygens (including phenoxy) is 3. The fraction of sp³-hybridized carbons (Fsp3) is 0.429. The van der Waals surface area contributed by atoms with Crippen molar-refractivity contribution < 1.29 is 23.8 Å². The molecule has 1 atom stereocenters. The predicted molar refractivity (Wildman–Crippen MR) is 66.8 cm³/mol. The number of esters is 2. The van der Waals surface area contributed by atoms with Crippen LogP contribution in [0, 0.1) is 6.92 Å². The quantitative estimate of drug-likeness (QED) is 0.470. The molecule has 0 amide bonds. The van der Waals surface area contributed by atoms with E-state index in [1.165, 1.54) is 13.8 Å². The molecule has 0 spiro atoms. The van der Waals surface area contributed by atoms with E-state index in [-0.39, 0.29) is 12.6 Å². The molecule has 1 saturated heterocycles. The third kappa shape index (κ3) is 3.12. The molecule has 5 heteroatoms. The molecule has 1 aromatic carbocycles. The summed E-state index contributed by atoms with van der Waals surface area (Å²) in [5, 5.41) is 0. The zero-order valence-electron chi connectivity index (χ0n) is 11.2. The average Bonchev–Trinajstić information content (AvgIpc) is 3.06. The minimum atomic E-state index is -0.676. The van der Waals surface area contributed by atoms with Gasteiger partial charge >= 0.3 is 11.9 Å². The van der Waals surface area contributed by atoms with Gasteiger partial charge in [-0.3, -0.25) is 9.59 Å². The molecule has 1 heterocycles. The maximum Gasteiger partial charge on any atom is 0.308 e. The van der Waals surface area contributed by atoms with Gasteiger partial charge in [0.1, 0.15) is 12.4 Å². The van der Waals surface area contributed by atoms with Crippen molar-refractivity contribution in [3.8, 4) is 5.75 Å². The Labute approximate surface area is 111 Å². The number of hydrogen-bond donors (Lipinski definition) is 0. The second-order valence-electron chi connectivity index (χ2n) is 4.66. The molecule has 0 bridgehead atoms. The molecular weight excluding hydrogens is 248 g/mol. The van der Waals surface area contributed by atoms with Crippen molar-refractivity contribution in [2.45, 2.75) is 26.4 Å².